The molecule has 1 amide bonds. The minimum Gasteiger partial charge on any atom is -0.342 e. The molecule has 1 N–H and O–H groups in total. The Morgan fingerprint density at radius 1 is 1.31 bits per heavy atom. The molecule has 29 heavy (non-hydrogen) atoms. The predicted molar refractivity (Wildman–Crippen MR) is 116 cm³/mol. The van der Waals surface area contributed by atoms with Crippen molar-refractivity contribution in [1.29, 1.82) is 0 Å². The molecule has 3 rings (SSSR count). The van der Waals surface area contributed by atoms with E-state index in [2.05, 4.69) is 23.6 Å². The van der Waals surface area contributed by atoms with Crippen LogP contribution in [0.1, 0.15) is 48.9 Å². The highest BCUT2D eigenvalue weighted by Gasteiger charge is 2.26. The molecule has 1 fully saturated rings. The number of rotatable bonds is 7. The number of aromatic nitrogens is 1. The number of hydrogen-bond donors (Lipinski definition) is 1. The second-order valence-corrected chi connectivity index (χ2v) is 10.7. The monoisotopic (exact) mass is 435 g/mol. The van der Waals surface area contributed by atoms with Gasteiger partial charge in [0, 0.05) is 30.9 Å². The molecule has 158 valence electrons. The maximum atomic E-state index is 12.7. The summed E-state index contributed by atoms with van der Waals surface area (Å²) in [7, 11) is -3.53. The highest BCUT2D eigenvalue weighted by molar-refractivity contribution is 7.89. The van der Waals surface area contributed by atoms with Crippen LogP contribution in [-0.2, 0) is 21.2 Å². The second kappa shape index (κ2) is 9.36. The topological polar surface area (TPSA) is 79.4 Å². The molecular formula is C21H29N3O3S2. The van der Waals surface area contributed by atoms with Gasteiger partial charge in [-0.05, 0) is 37.8 Å². The summed E-state index contributed by atoms with van der Waals surface area (Å²) in [5, 5.41) is 3.01. The first kappa shape index (κ1) is 21.9. The van der Waals surface area contributed by atoms with Crippen LogP contribution in [0.25, 0.3) is 0 Å². The SMILES string of the molecule is Cc1ccc(S(=O)(=O)NCC2CCCN(C(=O)Cc3csc(C(C)C)n3)C2)cc1. The third-order valence-electron chi connectivity index (χ3n) is 5.16. The fourth-order valence-corrected chi connectivity index (χ4v) is 5.37. The molecule has 6 nitrogen and oxygen atoms in total. The van der Waals surface area contributed by atoms with E-state index in [4.69, 9.17) is 0 Å². The van der Waals surface area contributed by atoms with Crippen molar-refractivity contribution in [3.05, 3.63) is 45.9 Å². The van der Waals surface area contributed by atoms with Gasteiger partial charge in [0.1, 0.15) is 0 Å². The molecule has 1 aliphatic rings. The smallest absolute Gasteiger partial charge is 0.240 e. The maximum Gasteiger partial charge on any atom is 0.240 e. The average Bonchev–Trinajstić information content (AvgIpc) is 3.16. The molecule has 0 saturated carbocycles. The largest absolute Gasteiger partial charge is 0.342 e. The first-order valence-electron chi connectivity index (χ1n) is 10.0. The Bertz CT molecular complexity index is 936. The van der Waals surface area contributed by atoms with Crippen LogP contribution in [0.4, 0.5) is 0 Å². The summed E-state index contributed by atoms with van der Waals surface area (Å²) in [5.41, 5.74) is 1.84. The van der Waals surface area contributed by atoms with Crippen LogP contribution in [0.2, 0.25) is 0 Å². The number of nitrogens with zero attached hydrogens (tertiary/aromatic N) is 2. The van der Waals surface area contributed by atoms with Gasteiger partial charge in [-0.25, -0.2) is 18.1 Å². The summed E-state index contributed by atoms with van der Waals surface area (Å²) >= 11 is 1.60. The van der Waals surface area contributed by atoms with Gasteiger partial charge < -0.3 is 4.90 Å². The summed E-state index contributed by atoms with van der Waals surface area (Å²) in [4.78, 5) is 19.4. The number of hydrogen-bond acceptors (Lipinski definition) is 5. The number of nitrogens with one attached hydrogen (secondary N) is 1. The molecule has 0 bridgehead atoms. The normalized spacial score (nSPS) is 17.7. The number of likely N-dealkylation sites (tertiary alicyclic amines) is 1. The molecule has 1 atom stereocenters. The molecule has 0 spiro atoms. The lowest BCUT2D eigenvalue weighted by atomic mass is 9.98. The predicted octanol–water partition coefficient (Wildman–Crippen LogP) is 3.33. The minimum atomic E-state index is -3.53. The molecule has 1 aliphatic heterocycles. The number of carbonyl (C=O) groups excluding carboxylic acids is 1. The van der Waals surface area contributed by atoms with Crippen LogP contribution in [0.3, 0.4) is 0 Å². The van der Waals surface area contributed by atoms with E-state index in [0.717, 1.165) is 35.7 Å². The third-order valence-corrected chi connectivity index (χ3v) is 7.79. The number of aryl methyl sites for hydroxylation is 1. The van der Waals surface area contributed by atoms with Gasteiger partial charge in [0.25, 0.3) is 0 Å². The van der Waals surface area contributed by atoms with Crippen molar-refractivity contribution in [2.24, 2.45) is 5.92 Å². The Morgan fingerprint density at radius 2 is 2.03 bits per heavy atom. The van der Waals surface area contributed by atoms with Crippen molar-refractivity contribution in [2.75, 3.05) is 19.6 Å². The fraction of sp³-hybridized carbons (Fsp3) is 0.524. The highest BCUT2D eigenvalue weighted by atomic mass is 32.2. The van der Waals surface area contributed by atoms with Gasteiger partial charge >= 0.3 is 0 Å². The van der Waals surface area contributed by atoms with Crippen molar-refractivity contribution in [2.45, 2.75) is 50.8 Å². The van der Waals surface area contributed by atoms with Gasteiger partial charge in [0.2, 0.25) is 15.9 Å². The zero-order valence-electron chi connectivity index (χ0n) is 17.2. The average molecular weight is 436 g/mol. The zero-order valence-corrected chi connectivity index (χ0v) is 18.9. The van der Waals surface area contributed by atoms with Crippen molar-refractivity contribution >= 4 is 27.3 Å². The molecule has 2 aromatic rings. The molecule has 2 heterocycles. The lowest BCUT2D eigenvalue weighted by Crippen LogP contribution is -2.44. The summed E-state index contributed by atoms with van der Waals surface area (Å²) < 4.78 is 27.7. The number of carbonyl (C=O) groups is 1. The zero-order chi connectivity index (χ0) is 21.0. The first-order valence-corrected chi connectivity index (χ1v) is 12.4. The van der Waals surface area contributed by atoms with Crippen LogP contribution in [0.15, 0.2) is 34.5 Å². The van der Waals surface area contributed by atoms with Crippen LogP contribution in [0, 0.1) is 12.8 Å². The van der Waals surface area contributed by atoms with Crippen molar-refractivity contribution in [1.82, 2.24) is 14.6 Å². The second-order valence-electron chi connectivity index (χ2n) is 8.02. The lowest BCUT2D eigenvalue weighted by Gasteiger charge is -2.32. The fourth-order valence-electron chi connectivity index (χ4n) is 3.42. The molecule has 8 heteroatoms. The van der Waals surface area contributed by atoms with E-state index in [1.807, 2.05) is 17.2 Å². The van der Waals surface area contributed by atoms with Gasteiger partial charge in [0.05, 0.1) is 22.0 Å². The summed E-state index contributed by atoms with van der Waals surface area (Å²) in [6, 6.07) is 6.82. The Labute approximate surface area is 177 Å². The van der Waals surface area contributed by atoms with Gasteiger partial charge in [-0.3, -0.25) is 4.79 Å². The minimum absolute atomic E-state index is 0.0664. The summed E-state index contributed by atoms with van der Waals surface area (Å²) in [6.45, 7) is 7.76. The lowest BCUT2D eigenvalue weighted by molar-refractivity contribution is -0.132. The maximum absolute atomic E-state index is 12.7. The summed E-state index contributed by atoms with van der Waals surface area (Å²) in [5.74, 6) is 0.552. The van der Waals surface area contributed by atoms with Crippen LogP contribution in [-0.4, -0.2) is 43.8 Å². The van der Waals surface area contributed by atoms with E-state index >= 15 is 0 Å². The molecule has 1 unspecified atom stereocenters. The molecule has 0 aliphatic carbocycles. The van der Waals surface area contributed by atoms with Crippen LogP contribution >= 0.6 is 11.3 Å². The van der Waals surface area contributed by atoms with E-state index in [-0.39, 0.29) is 16.7 Å². The number of amides is 1. The van der Waals surface area contributed by atoms with E-state index in [0.29, 0.717) is 25.4 Å². The van der Waals surface area contributed by atoms with E-state index in [1.165, 1.54) is 0 Å². The van der Waals surface area contributed by atoms with Gasteiger partial charge in [-0.15, -0.1) is 11.3 Å². The number of benzene rings is 1. The van der Waals surface area contributed by atoms with Gasteiger partial charge in [0.15, 0.2) is 0 Å². The standard InChI is InChI=1S/C21H29N3O3S2/c1-15(2)21-23-18(14-28-21)11-20(25)24-10-4-5-17(13-24)12-22-29(26,27)19-8-6-16(3)7-9-19/h6-9,14-15,17,22H,4-5,10-13H2,1-3H3. The van der Waals surface area contributed by atoms with Gasteiger partial charge in [-0.2, -0.15) is 0 Å². The molecule has 1 aromatic carbocycles. The van der Waals surface area contributed by atoms with E-state index < -0.39 is 10.0 Å². The van der Waals surface area contributed by atoms with Crippen LogP contribution in [0.5, 0.6) is 0 Å². The first-order chi connectivity index (χ1) is 13.7. The van der Waals surface area contributed by atoms with Crippen molar-refractivity contribution < 1.29 is 13.2 Å². The Hall–Kier alpha value is -1.77. The molecular weight excluding hydrogens is 406 g/mol. The summed E-state index contributed by atoms with van der Waals surface area (Å²) in [6.07, 6.45) is 2.11. The number of sulfonamides is 1. The number of piperidine rings is 1. The van der Waals surface area contributed by atoms with Crippen molar-refractivity contribution in [3.8, 4) is 0 Å². The number of thiazole rings is 1. The third kappa shape index (κ3) is 5.87. The highest BCUT2D eigenvalue weighted by Crippen LogP contribution is 2.21. The Morgan fingerprint density at radius 3 is 2.69 bits per heavy atom. The molecule has 0 radical (unpaired) electrons. The van der Waals surface area contributed by atoms with E-state index in [1.54, 1.807) is 35.6 Å². The van der Waals surface area contributed by atoms with Gasteiger partial charge in [-0.1, -0.05) is 31.5 Å². The van der Waals surface area contributed by atoms with Crippen LogP contribution < -0.4 is 4.72 Å². The van der Waals surface area contributed by atoms with Crippen molar-refractivity contribution in [3.63, 3.8) is 0 Å². The Balaban J connectivity index is 1.54. The molecule has 1 saturated heterocycles. The quantitative estimate of drug-likeness (QED) is 0.723. The molecule has 1 aromatic heterocycles. The van der Waals surface area contributed by atoms with E-state index in [9.17, 15) is 13.2 Å². The Kier molecular flexibility index (Phi) is 7.08.